The minimum atomic E-state index is -0.0229. The molecule has 0 unspecified atom stereocenters. The molecule has 0 radical (unpaired) electrons. The van der Waals surface area contributed by atoms with E-state index in [1.807, 2.05) is 13.8 Å². The fraction of sp³-hybridized carbons (Fsp3) is 1.00. The van der Waals surface area contributed by atoms with E-state index in [9.17, 15) is 0 Å². The van der Waals surface area contributed by atoms with Crippen LogP contribution in [0.15, 0.2) is 0 Å². The Morgan fingerprint density at radius 3 is 2.13 bits per heavy atom. The van der Waals surface area contributed by atoms with Gasteiger partial charge < -0.3 is 10.1 Å². The molecule has 0 atom stereocenters. The second kappa shape index (κ2) is 10.4. The lowest BCUT2D eigenvalue weighted by molar-refractivity contribution is -0.0204. The van der Waals surface area contributed by atoms with Gasteiger partial charge in [0.15, 0.2) is 0 Å². The van der Waals surface area contributed by atoms with Crippen LogP contribution in [-0.2, 0) is 4.74 Å². The van der Waals surface area contributed by atoms with E-state index < -0.39 is 0 Å². The summed E-state index contributed by atoms with van der Waals surface area (Å²) < 4.78 is 5.78. The van der Waals surface area contributed by atoms with Crippen LogP contribution in [-0.4, -0.2) is 25.3 Å². The molecule has 0 spiro atoms. The van der Waals surface area contributed by atoms with Crippen LogP contribution in [0.1, 0.15) is 54.9 Å². The SMILES string of the molecule is CC.CCNCC(C)(C)OCCC(C)C. The van der Waals surface area contributed by atoms with Gasteiger partial charge in [-0.1, -0.05) is 34.6 Å². The molecule has 0 bridgehead atoms. The molecular formula is C13H31NO. The van der Waals surface area contributed by atoms with Crippen LogP contribution in [0.4, 0.5) is 0 Å². The maximum Gasteiger partial charge on any atom is 0.0750 e. The predicted molar refractivity (Wildman–Crippen MR) is 69.4 cm³/mol. The summed E-state index contributed by atoms with van der Waals surface area (Å²) in [7, 11) is 0. The smallest absolute Gasteiger partial charge is 0.0750 e. The minimum Gasteiger partial charge on any atom is -0.374 e. The fourth-order valence-corrected chi connectivity index (χ4v) is 1.05. The number of likely N-dealkylation sites (N-methyl/N-ethyl adjacent to an activating group) is 1. The quantitative estimate of drug-likeness (QED) is 0.705. The van der Waals surface area contributed by atoms with E-state index in [1.165, 1.54) is 0 Å². The van der Waals surface area contributed by atoms with Crippen molar-refractivity contribution in [2.24, 2.45) is 5.92 Å². The molecule has 0 saturated heterocycles. The van der Waals surface area contributed by atoms with E-state index in [4.69, 9.17) is 4.74 Å². The summed E-state index contributed by atoms with van der Waals surface area (Å²) in [6.45, 7) is 17.6. The fourth-order valence-electron chi connectivity index (χ4n) is 1.05. The Morgan fingerprint density at radius 2 is 1.73 bits per heavy atom. The minimum absolute atomic E-state index is 0.0229. The van der Waals surface area contributed by atoms with E-state index in [2.05, 4.69) is 39.9 Å². The van der Waals surface area contributed by atoms with E-state index in [0.29, 0.717) is 0 Å². The van der Waals surface area contributed by atoms with Crippen molar-refractivity contribution in [3.63, 3.8) is 0 Å². The Hall–Kier alpha value is -0.0800. The maximum atomic E-state index is 5.78. The van der Waals surface area contributed by atoms with Gasteiger partial charge in [0, 0.05) is 13.2 Å². The standard InChI is InChI=1S/C11H25NO.C2H6/c1-6-12-9-11(4,5)13-8-7-10(2)3;1-2/h10,12H,6-9H2,1-5H3;1-2H3. The molecule has 0 rings (SSSR count). The van der Waals surface area contributed by atoms with Gasteiger partial charge in [0.25, 0.3) is 0 Å². The topological polar surface area (TPSA) is 21.3 Å². The van der Waals surface area contributed by atoms with Gasteiger partial charge in [-0.2, -0.15) is 0 Å². The Labute approximate surface area is 96.8 Å². The van der Waals surface area contributed by atoms with Crippen molar-refractivity contribution in [2.45, 2.75) is 60.5 Å². The molecule has 0 aromatic heterocycles. The van der Waals surface area contributed by atoms with Crippen molar-refractivity contribution in [3.05, 3.63) is 0 Å². The first-order valence-electron chi connectivity index (χ1n) is 6.32. The normalized spacial score (nSPS) is 11.2. The van der Waals surface area contributed by atoms with Crippen molar-refractivity contribution < 1.29 is 4.74 Å². The monoisotopic (exact) mass is 217 g/mol. The predicted octanol–water partition coefficient (Wildman–Crippen LogP) is 3.46. The summed E-state index contributed by atoms with van der Waals surface area (Å²) in [6, 6.07) is 0. The summed E-state index contributed by atoms with van der Waals surface area (Å²) in [6.07, 6.45) is 1.15. The molecule has 0 aliphatic carbocycles. The van der Waals surface area contributed by atoms with Crippen LogP contribution in [0.3, 0.4) is 0 Å². The Bertz CT molecular complexity index is 122. The van der Waals surface area contributed by atoms with E-state index in [0.717, 1.165) is 32.0 Å². The van der Waals surface area contributed by atoms with Gasteiger partial charge in [-0.05, 0) is 32.7 Å². The average Bonchev–Trinajstić information content (AvgIpc) is 2.17. The molecule has 0 aliphatic rings. The van der Waals surface area contributed by atoms with Crippen molar-refractivity contribution in [2.75, 3.05) is 19.7 Å². The highest BCUT2D eigenvalue weighted by Crippen LogP contribution is 2.10. The molecule has 2 nitrogen and oxygen atoms in total. The van der Waals surface area contributed by atoms with Crippen LogP contribution in [0, 0.1) is 5.92 Å². The summed E-state index contributed by atoms with van der Waals surface area (Å²) >= 11 is 0. The van der Waals surface area contributed by atoms with Gasteiger partial charge in [-0.15, -0.1) is 0 Å². The van der Waals surface area contributed by atoms with Gasteiger partial charge in [0.2, 0.25) is 0 Å². The molecule has 0 heterocycles. The highest BCUT2D eigenvalue weighted by molar-refractivity contribution is 4.71. The number of ether oxygens (including phenoxy) is 1. The molecule has 15 heavy (non-hydrogen) atoms. The third-order valence-corrected chi connectivity index (χ3v) is 1.99. The first kappa shape index (κ1) is 17.3. The zero-order valence-corrected chi connectivity index (χ0v) is 11.8. The highest BCUT2D eigenvalue weighted by atomic mass is 16.5. The van der Waals surface area contributed by atoms with Crippen molar-refractivity contribution in [1.82, 2.24) is 5.32 Å². The first-order valence-corrected chi connectivity index (χ1v) is 6.32. The zero-order valence-electron chi connectivity index (χ0n) is 11.8. The van der Waals surface area contributed by atoms with Gasteiger partial charge in [-0.3, -0.25) is 0 Å². The molecule has 2 heteroatoms. The van der Waals surface area contributed by atoms with Gasteiger partial charge >= 0.3 is 0 Å². The lowest BCUT2D eigenvalue weighted by Gasteiger charge is -2.26. The Balaban J connectivity index is 0. The molecule has 0 amide bonds. The lowest BCUT2D eigenvalue weighted by atomic mass is 10.1. The molecule has 0 aromatic carbocycles. The second-order valence-electron chi connectivity index (χ2n) is 4.57. The summed E-state index contributed by atoms with van der Waals surface area (Å²) in [5.41, 5.74) is -0.0229. The largest absolute Gasteiger partial charge is 0.374 e. The van der Waals surface area contributed by atoms with E-state index in [1.54, 1.807) is 0 Å². The third-order valence-electron chi connectivity index (χ3n) is 1.99. The molecule has 0 aliphatic heterocycles. The molecule has 0 fully saturated rings. The number of nitrogens with one attached hydrogen (secondary N) is 1. The van der Waals surface area contributed by atoms with Crippen molar-refractivity contribution in [3.8, 4) is 0 Å². The van der Waals surface area contributed by atoms with Gasteiger partial charge in [-0.25, -0.2) is 0 Å². The van der Waals surface area contributed by atoms with Gasteiger partial charge in [0.05, 0.1) is 5.60 Å². The summed E-state index contributed by atoms with van der Waals surface area (Å²) in [5, 5.41) is 3.30. The Morgan fingerprint density at radius 1 is 1.20 bits per heavy atom. The molecular weight excluding hydrogens is 186 g/mol. The number of rotatable bonds is 7. The number of hydrogen-bond acceptors (Lipinski definition) is 2. The van der Waals surface area contributed by atoms with Crippen LogP contribution in [0.5, 0.6) is 0 Å². The van der Waals surface area contributed by atoms with E-state index >= 15 is 0 Å². The lowest BCUT2D eigenvalue weighted by Crippen LogP contribution is -2.38. The average molecular weight is 217 g/mol. The molecule has 1 N–H and O–H groups in total. The zero-order chi connectivity index (χ0) is 12.3. The molecule has 94 valence electrons. The first-order chi connectivity index (χ1) is 6.98. The van der Waals surface area contributed by atoms with Crippen LogP contribution >= 0.6 is 0 Å². The highest BCUT2D eigenvalue weighted by Gasteiger charge is 2.16. The third kappa shape index (κ3) is 13.9. The molecule has 0 saturated carbocycles. The summed E-state index contributed by atoms with van der Waals surface area (Å²) in [4.78, 5) is 0. The van der Waals surface area contributed by atoms with Crippen LogP contribution in [0.25, 0.3) is 0 Å². The number of hydrogen-bond donors (Lipinski definition) is 1. The Kier molecular flexibility index (Phi) is 12.1. The van der Waals surface area contributed by atoms with Crippen molar-refractivity contribution >= 4 is 0 Å². The van der Waals surface area contributed by atoms with Crippen molar-refractivity contribution in [1.29, 1.82) is 0 Å². The van der Waals surface area contributed by atoms with Crippen LogP contribution < -0.4 is 5.32 Å². The summed E-state index contributed by atoms with van der Waals surface area (Å²) in [5.74, 6) is 0.731. The van der Waals surface area contributed by atoms with Gasteiger partial charge in [0.1, 0.15) is 0 Å². The van der Waals surface area contributed by atoms with Crippen LogP contribution in [0.2, 0.25) is 0 Å². The van der Waals surface area contributed by atoms with E-state index in [-0.39, 0.29) is 5.60 Å². The second-order valence-corrected chi connectivity index (χ2v) is 4.57. The molecule has 0 aromatic rings. The maximum absolute atomic E-state index is 5.78.